The second kappa shape index (κ2) is 7.79. The summed E-state index contributed by atoms with van der Waals surface area (Å²) in [4.78, 5) is 11.0. The van der Waals surface area contributed by atoms with Crippen molar-refractivity contribution >= 4 is 40.5 Å². The van der Waals surface area contributed by atoms with Crippen molar-refractivity contribution in [1.29, 1.82) is 0 Å². The zero-order valence-electron chi connectivity index (χ0n) is 13.4. The fourth-order valence-electron chi connectivity index (χ4n) is 2.59. The van der Waals surface area contributed by atoms with Crippen LogP contribution in [-0.2, 0) is 0 Å². The predicted molar refractivity (Wildman–Crippen MR) is 100 cm³/mol. The second-order valence-electron chi connectivity index (χ2n) is 5.08. The molecule has 3 rings (SSSR count). The van der Waals surface area contributed by atoms with E-state index in [9.17, 15) is 0 Å². The lowest BCUT2D eigenvalue weighted by Crippen LogP contribution is -2.21. The fourth-order valence-corrected chi connectivity index (χ4v) is 2.59. The Labute approximate surface area is 143 Å². The number of para-hydroxylation sites is 1. The minimum absolute atomic E-state index is 0. The van der Waals surface area contributed by atoms with Gasteiger partial charge >= 0.3 is 0 Å². The molecule has 1 heterocycles. The molecule has 0 saturated heterocycles. The van der Waals surface area contributed by atoms with Gasteiger partial charge in [0.25, 0.3) is 0 Å². The third-order valence-corrected chi connectivity index (χ3v) is 3.80. The molecule has 5 heteroatoms. The summed E-state index contributed by atoms with van der Waals surface area (Å²) in [7, 11) is 0. The van der Waals surface area contributed by atoms with Crippen LogP contribution in [0.15, 0.2) is 54.9 Å². The van der Waals surface area contributed by atoms with Crippen LogP contribution in [0.3, 0.4) is 0 Å². The molecule has 1 aromatic heterocycles. The molecule has 0 fully saturated rings. The van der Waals surface area contributed by atoms with Crippen molar-refractivity contribution in [3.63, 3.8) is 0 Å². The van der Waals surface area contributed by atoms with Crippen LogP contribution in [-0.4, -0.2) is 23.1 Å². The lowest BCUT2D eigenvalue weighted by Gasteiger charge is -2.21. The number of nitrogens with one attached hydrogen (secondary N) is 1. The number of aromatic nitrogens is 2. The summed E-state index contributed by atoms with van der Waals surface area (Å²) < 4.78 is 0. The van der Waals surface area contributed by atoms with Crippen molar-refractivity contribution in [2.75, 3.05) is 23.3 Å². The van der Waals surface area contributed by atoms with Crippen LogP contribution in [0.25, 0.3) is 10.9 Å². The smallest absolute Gasteiger partial charge is 0.141 e. The van der Waals surface area contributed by atoms with Gasteiger partial charge < -0.3 is 10.2 Å². The van der Waals surface area contributed by atoms with Gasteiger partial charge in [-0.3, -0.25) is 0 Å². The van der Waals surface area contributed by atoms with Crippen LogP contribution in [0.2, 0.25) is 0 Å². The monoisotopic (exact) mass is 328 g/mol. The second-order valence-corrected chi connectivity index (χ2v) is 5.08. The molecular weight excluding hydrogens is 308 g/mol. The van der Waals surface area contributed by atoms with Crippen molar-refractivity contribution in [2.24, 2.45) is 0 Å². The van der Waals surface area contributed by atoms with E-state index in [0.29, 0.717) is 0 Å². The van der Waals surface area contributed by atoms with E-state index in [-0.39, 0.29) is 12.4 Å². The van der Waals surface area contributed by atoms with E-state index in [4.69, 9.17) is 0 Å². The maximum absolute atomic E-state index is 4.36. The summed E-state index contributed by atoms with van der Waals surface area (Å²) in [6.07, 6.45) is 1.59. The molecule has 0 saturated carbocycles. The van der Waals surface area contributed by atoms with E-state index >= 15 is 0 Å². The highest BCUT2D eigenvalue weighted by atomic mass is 35.5. The first-order valence-electron chi connectivity index (χ1n) is 7.63. The third kappa shape index (κ3) is 3.71. The predicted octanol–water partition coefficient (Wildman–Crippen LogP) is 4.64. The highest BCUT2D eigenvalue weighted by molar-refractivity contribution is 5.90. The summed E-state index contributed by atoms with van der Waals surface area (Å²) >= 11 is 0. The van der Waals surface area contributed by atoms with Gasteiger partial charge in [0.05, 0.1) is 5.52 Å². The number of fused-ring (bicyclic) bond motifs is 1. The van der Waals surface area contributed by atoms with E-state index in [1.807, 2.05) is 24.3 Å². The van der Waals surface area contributed by atoms with Crippen LogP contribution in [0, 0.1) is 0 Å². The van der Waals surface area contributed by atoms with E-state index in [1.54, 1.807) is 6.33 Å². The Balaban J connectivity index is 0.00000192. The maximum Gasteiger partial charge on any atom is 0.141 e. The highest BCUT2D eigenvalue weighted by Crippen LogP contribution is 2.24. The number of benzene rings is 2. The van der Waals surface area contributed by atoms with Crippen molar-refractivity contribution in [1.82, 2.24) is 9.97 Å². The molecule has 0 aliphatic rings. The molecule has 4 nitrogen and oxygen atoms in total. The minimum atomic E-state index is 0. The molecule has 120 valence electrons. The third-order valence-electron chi connectivity index (χ3n) is 3.80. The fraction of sp³-hybridized carbons (Fsp3) is 0.222. The lowest BCUT2D eigenvalue weighted by molar-refractivity contribution is 0.866. The van der Waals surface area contributed by atoms with Crippen LogP contribution in [0.1, 0.15) is 13.8 Å². The van der Waals surface area contributed by atoms with Gasteiger partial charge in [0.2, 0.25) is 0 Å². The standard InChI is InChI=1S/C18H20N4.ClH/c1-3-22(4-2)15-11-9-14(10-12-15)21-18-16-7-5-6-8-17(16)19-13-20-18;/h5-13H,3-4H2,1-2H3,(H,19,20,21);1H. The minimum Gasteiger partial charge on any atom is -0.372 e. The lowest BCUT2D eigenvalue weighted by atomic mass is 10.2. The van der Waals surface area contributed by atoms with Crippen molar-refractivity contribution in [3.05, 3.63) is 54.9 Å². The molecule has 0 spiro atoms. The van der Waals surface area contributed by atoms with Gasteiger partial charge in [-0.15, -0.1) is 12.4 Å². The molecule has 23 heavy (non-hydrogen) atoms. The summed E-state index contributed by atoms with van der Waals surface area (Å²) in [5.74, 6) is 0.834. The van der Waals surface area contributed by atoms with E-state index < -0.39 is 0 Å². The van der Waals surface area contributed by atoms with Crippen LogP contribution in [0.5, 0.6) is 0 Å². The molecule has 3 aromatic rings. The number of hydrogen-bond donors (Lipinski definition) is 1. The summed E-state index contributed by atoms with van der Waals surface area (Å²) in [5, 5.41) is 4.41. The Morgan fingerprint density at radius 3 is 2.30 bits per heavy atom. The Morgan fingerprint density at radius 1 is 0.913 bits per heavy atom. The van der Waals surface area contributed by atoms with E-state index in [2.05, 4.69) is 58.3 Å². The quantitative estimate of drug-likeness (QED) is 0.740. The first-order chi connectivity index (χ1) is 10.8. The number of nitrogens with zero attached hydrogens (tertiary/aromatic N) is 3. The maximum atomic E-state index is 4.36. The first-order valence-corrected chi connectivity index (χ1v) is 7.63. The molecule has 1 N–H and O–H groups in total. The van der Waals surface area contributed by atoms with Gasteiger partial charge in [-0.2, -0.15) is 0 Å². The van der Waals surface area contributed by atoms with Crippen LogP contribution < -0.4 is 10.2 Å². The van der Waals surface area contributed by atoms with Gasteiger partial charge in [0, 0.05) is 29.9 Å². The Kier molecular flexibility index (Phi) is 5.77. The average Bonchev–Trinajstić information content (AvgIpc) is 2.58. The van der Waals surface area contributed by atoms with E-state index in [1.165, 1.54) is 5.69 Å². The molecule has 0 bridgehead atoms. The normalized spacial score (nSPS) is 10.2. The molecule has 0 unspecified atom stereocenters. The van der Waals surface area contributed by atoms with Crippen LogP contribution >= 0.6 is 12.4 Å². The van der Waals surface area contributed by atoms with Crippen molar-refractivity contribution in [2.45, 2.75) is 13.8 Å². The summed E-state index contributed by atoms with van der Waals surface area (Å²) in [6.45, 7) is 6.37. The summed E-state index contributed by atoms with van der Waals surface area (Å²) in [6, 6.07) is 16.5. The zero-order chi connectivity index (χ0) is 15.4. The SMILES string of the molecule is CCN(CC)c1ccc(Nc2ncnc3ccccc23)cc1.Cl. The first kappa shape index (κ1) is 17.0. The number of rotatable bonds is 5. The van der Waals surface area contributed by atoms with Crippen LogP contribution in [0.4, 0.5) is 17.2 Å². The molecule has 2 aromatic carbocycles. The largest absolute Gasteiger partial charge is 0.372 e. The van der Waals surface area contributed by atoms with Gasteiger partial charge in [-0.1, -0.05) is 12.1 Å². The Bertz CT molecular complexity index is 749. The average molecular weight is 329 g/mol. The van der Waals surface area contributed by atoms with Crippen molar-refractivity contribution in [3.8, 4) is 0 Å². The Hall–Kier alpha value is -2.33. The van der Waals surface area contributed by atoms with E-state index in [0.717, 1.165) is 35.5 Å². The Morgan fingerprint density at radius 2 is 1.61 bits per heavy atom. The molecule has 0 aliphatic carbocycles. The summed E-state index contributed by atoms with van der Waals surface area (Å²) in [5.41, 5.74) is 3.21. The number of halogens is 1. The topological polar surface area (TPSA) is 41.0 Å². The highest BCUT2D eigenvalue weighted by Gasteiger charge is 2.05. The van der Waals surface area contributed by atoms with Gasteiger partial charge in [-0.25, -0.2) is 9.97 Å². The molecule has 0 amide bonds. The molecule has 0 aliphatic heterocycles. The molecule has 0 atom stereocenters. The molecular formula is C18H21ClN4. The van der Waals surface area contributed by atoms with Gasteiger partial charge in [0.15, 0.2) is 0 Å². The molecule has 0 radical (unpaired) electrons. The number of hydrogen-bond acceptors (Lipinski definition) is 4. The van der Waals surface area contributed by atoms with Gasteiger partial charge in [0.1, 0.15) is 12.1 Å². The van der Waals surface area contributed by atoms with Gasteiger partial charge in [-0.05, 0) is 50.2 Å². The zero-order valence-corrected chi connectivity index (χ0v) is 14.2. The van der Waals surface area contributed by atoms with Crippen molar-refractivity contribution < 1.29 is 0 Å². The number of anilines is 3.